The molecule has 2 heteroatoms. The Morgan fingerprint density at radius 3 is 1.60 bits per heavy atom. The Labute approximate surface area is 136 Å². The second-order valence-electron chi connectivity index (χ2n) is 3.44. The minimum absolute atomic E-state index is 0. The van der Waals surface area contributed by atoms with E-state index in [9.17, 15) is 0 Å². The molecule has 0 atom stereocenters. The van der Waals surface area contributed by atoms with Gasteiger partial charge in [0.15, 0.2) is 0 Å². The van der Waals surface area contributed by atoms with E-state index in [2.05, 4.69) is 48.5 Å². The summed E-state index contributed by atoms with van der Waals surface area (Å²) in [4.78, 5) is 0. The van der Waals surface area contributed by atoms with Gasteiger partial charge in [0.2, 0.25) is 0 Å². The molecule has 0 spiro atoms. The summed E-state index contributed by atoms with van der Waals surface area (Å²) in [7, 11) is 0. The molecule has 0 N–H and O–H groups in total. The molecule has 0 aliphatic heterocycles. The molecule has 0 saturated heterocycles. The van der Waals surface area contributed by atoms with Crippen molar-refractivity contribution in [1.82, 2.24) is 0 Å². The molecule has 15 heavy (non-hydrogen) atoms. The van der Waals surface area contributed by atoms with E-state index in [1.54, 1.807) is 0 Å². The van der Waals surface area contributed by atoms with E-state index < -0.39 is 0 Å². The summed E-state index contributed by atoms with van der Waals surface area (Å²) >= 11 is 0. The van der Waals surface area contributed by atoms with Gasteiger partial charge in [-0.15, -0.1) is 0 Å². The van der Waals surface area contributed by atoms with E-state index in [0.29, 0.717) is 0 Å². The Hall–Kier alpha value is 0.700. The number of aryl methyl sites for hydroxylation is 2. The van der Waals surface area contributed by atoms with Crippen molar-refractivity contribution in [3.05, 3.63) is 59.7 Å². The Kier molecular flexibility index (Phi) is 9.22. The smallest absolute Gasteiger partial charge is 0.213 e. The van der Waals surface area contributed by atoms with Gasteiger partial charge in [-0.3, -0.25) is 0 Å². The SMILES string of the molecule is [Na+].[Na+].c1c[cH-]c(CCCc2ccc[cH-]2)c1. The van der Waals surface area contributed by atoms with E-state index in [4.69, 9.17) is 0 Å². The van der Waals surface area contributed by atoms with Gasteiger partial charge in [0.05, 0.1) is 0 Å². The molecule has 0 aliphatic carbocycles. The third-order valence-corrected chi connectivity index (χ3v) is 2.39. The molecule has 0 aromatic heterocycles. The normalized spacial score (nSPS) is 9.07. The molecule has 0 fully saturated rings. The summed E-state index contributed by atoms with van der Waals surface area (Å²) in [5.74, 6) is 0. The van der Waals surface area contributed by atoms with E-state index in [1.807, 2.05) is 0 Å². The average molecular weight is 216 g/mol. The summed E-state index contributed by atoms with van der Waals surface area (Å²) < 4.78 is 0. The molecular weight excluding hydrogens is 202 g/mol. The Morgan fingerprint density at radius 1 is 0.800 bits per heavy atom. The van der Waals surface area contributed by atoms with Crippen LogP contribution in [-0.2, 0) is 12.8 Å². The van der Waals surface area contributed by atoms with Gasteiger partial charge in [0.1, 0.15) is 0 Å². The third kappa shape index (κ3) is 5.53. The van der Waals surface area contributed by atoms with Crippen LogP contribution >= 0.6 is 0 Å². The predicted molar refractivity (Wildman–Crippen MR) is 56.1 cm³/mol. The van der Waals surface area contributed by atoms with Crippen molar-refractivity contribution in [2.45, 2.75) is 19.3 Å². The quantitative estimate of drug-likeness (QED) is 0.386. The van der Waals surface area contributed by atoms with E-state index in [-0.39, 0.29) is 59.1 Å². The van der Waals surface area contributed by atoms with E-state index in [0.717, 1.165) is 0 Å². The molecule has 68 valence electrons. The van der Waals surface area contributed by atoms with Crippen molar-refractivity contribution in [3.8, 4) is 0 Å². The molecule has 0 aliphatic rings. The van der Waals surface area contributed by atoms with Crippen molar-refractivity contribution in [2.24, 2.45) is 0 Å². The minimum Gasteiger partial charge on any atom is -0.213 e. The van der Waals surface area contributed by atoms with Gasteiger partial charge in [-0.1, -0.05) is 12.8 Å². The van der Waals surface area contributed by atoms with Gasteiger partial charge in [-0.25, -0.2) is 24.3 Å². The predicted octanol–water partition coefficient (Wildman–Crippen LogP) is -2.69. The van der Waals surface area contributed by atoms with Crippen molar-refractivity contribution in [2.75, 3.05) is 0 Å². The van der Waals surface area contributed by atoms with Crippen LogP contribution in [0.3, 0.4) is 0 Å². The zero-order chi connectivity index (χ0) is 8.93. The molecule has 0 amide bonds. The number of rotatable bonds is 4. The van der Waals surface area contributed by atoms with Crippen LogP contribution in [0.15, 0.2) is 48.5 Å². The fourth-order valence-electron chi connectivity index (χ4n) is 1.66. The molecule has 0 nitrogen and oxygen atoms in total. The van der Waals surface area contributed by atoms with Crippen LogP contribution in [0, 0.1) is 0 Å². The van der Waals surface area contributed by atoms with Crippen LogP contribution in [0.1, 0.15) is 17.5 Å². The van der Waals surface area contributed by atoms with Crippen molar-refractivity contribution in [1.29, 1.82) is 0 Å². The second kappa shape index (κ2) is 8.81. The van der Waals surface area contributed by atoms with Crippen LogP contribution in [0.2, 0.25) is 0 Å². The van der Waals surface area contributed by atoms with Crippen molar-refractivity contribution >= 4 is 0 Å². The average Bonchev–Trinajstić information content (AvgIpc) is 2.75. The Morgan fingerprint density at radius 2 is 1.27 bits per heavy atom. The van der Waals surface area contributed by atoms with Crippen LogP contribution in [-0.4, -0.2) is 0 Å². The molecule has 0 radical (unpaired) electrons. The summed E-state index contributed by atoms with van der Waals surface area (Å²) in [6.45, 7) is 0. The van der Waals surface area contributed by atoms with Gasteiger partial charge < -0.3 is 0 Å². The van der Waals surface area contributed by atoms with Crippen molar-refractivity contribution in [3.63, 3.8) is 0 Å². The largest absolute Gasteiger partial charge is 1.00 e. The topological polar surface area (TPSA) is 0 Å². The molecule has 0 heterocycles. The third-order valence-electron chi connectivity index (χ3n) is 2.39. The first-order chi connectivity index (χ1) is 6.45. The van der Waals surface area contributed by atoms with Gasteiger partial charge in [0, 0.05) is 0 Å². The number of hydrogen-bond acceptors (Lipinski definition) is 0. The van der Waals surface area contributed by atoms with Crippen LogP contribution in [0.4, 0.5) is 0 Å². The molecule has 0 saturated carbocycles. The monoisotopic (exact) mass is 216 g/mol. The van der Waals surface area contributed by atoms with Gasteiger partial charge in [0.25, 0.3) is 0 Å². The van der Waals surface area contributed by atoms with Gasteiger partial charge in [-0.2, -0.15) is 35.4 Å². The van der Waals surface area contributed by atoms with Crippen LogP contribution in [0.25, 0.3) is 0 Å². The maximum Gasteiger partial charge on any atom is 1.00 e. The molecule has 0 unspecified atom stereocenters. The Balaban J connectivity index is 0.000000980. The molecular formula is C13H14Na2. The summed E-state index contributed by atoms with van der Waals surface area (Å²) in [6.07, 6.45) is 3.67. The van der Waals surface area contributed by atoms with Gasteiger partial charge >= 0.3 is 59.1 Å². The first-order valence-corrected chi connectivity index (χ1v) is 4.86. The summed E-state index contributed by atoms with van der Waals surface area (Å²) in [5, 5.41) is 0. The molecule has 2 rings (SSSR count). The fourth-order valence-corrected chi connectivity index (χ4v) is 1.66. The van der Waals surface area contributed by atoms with Gasteiger partial charge in [-0.05, 0) is 6.42 Å². The first kappa shape index (κ1) is 15.7. The Bertz CT molecular complexity index is 285. The standard InChI is InChI=1S/C13H14.2Na/c1-2-7-12(6-1)10-5-11-13-8-3-4-9-13;;/h1-4,6-9H,5,10-11H2;;/q-2;2*+1. The van der Waals surface area contributed by atoms with Crippen LogP contribution in [0.5, 0.6) is 0 Å². The zero-order valence-corrected chi connectivity index (χ0v) is 13.7. The van der Waals surface area contributed by atoms with E-state index in [1.165, 1.54) is 30.4 Å². The number of hydrogen-bond donors (Lipinski definition) is 0. The first-order valence-electron chi connectivity index (χ1n) is 4.86. The summed E-state index contributed by atoms with van der Waals surface area (Å²) in [5.41, 5.74) is 2.93. The van der Waals surface area contributed by atoms with Crippen molar-refractivity contribution < 1.29 is 59.1 Å². The fraction of sp³-hybridized carbons (Fsp3) is 0.231. The molecule has 0 bridgehead atoms. The van der Waals surface area contributed by atoms with Crippen LogP contribution < -0.4 is 59.1 Å². The zero-order valence-electron chi connectivity index (χ0n) is 9.74. The van der Waals surface area contributed by atoms with E-state index >= 15 is 0 Å². The summed E-state index contributed by atoms with van der Waals surface area (Å²) in [6, 6.07) is 17.2. The maximum absolute atomic E-state index is 2.20. The molecule has 2 aromatic rings. The molecule has 2 aromatic carbocycles. The second-order valence-corrected chi connectivity index (χ2v) is 3.44. The minimum atomic E-state index is 0. The maximum atomic E-state index is 2.20.